The topological polar surface area (TPSA) is 52.6 Å². The molecule has 0 amide bonds. The lowest BCUT2D eigenvalue weighted by Gasteiger charge is -2.13. The van der Waals surface area contributed by atoms with Gasteiger partial charge in [0, 0.05) is 0 Å². The zero-order valence-electron chi connectivity index (χ0n) is 8.97. The third-order valence-corrected chi connectivity index (χ3v) is 1.64. The summed E-state index contributed by atoms with van der Waals surface area (Å²) in [7, 11) is 0. The van der Waals surface area contributed by atoms with E-state index in [0.717, 1.165) is 0 Å². The van der Waals surface area contributed by atoms with Crippen LogP contribution < -0.4 is 0 Å². The molecule has 94 valence electrons. The Bertz CT molecular complexity index is 250. The summed E-state index contributed by atoms with van der Waals surface area (Å²) in [6.45, 7) is 1.38. The Morgan fingerprint density at radius 3 is 2.00 bits per heavy atom. The second-order valence-corrected chi connectivity index (χ2v) is 2.94. The number of alkyl halides is 3. The number of halogens is 3. The number of hydrogen-bond donors (Lipinski definition) is 0. The van der Waals surface area contributed by atoms with Gasteiger partial charge in [-0.1, -0.05) is 6.92 Å². The van der Waals surface area contributed by atoms with Gasteiger partial charge in [-0.05, 0) is 13.3 Å². The summed E-state index contributed by atoms with van der Waals surface area (Å²) in [5.74, 6) is -3.36. The van der Waals surface area contributed by atoms with Crippen molar-refractivity contribution >= 4 is 11.9 Å². The van der Waals surface area contributed by atoms with E-state index in [1.807, 2.05) is 0 Å². The molecule has 7 heteroatoms. The van der Waals surface area contributed by atoms with Gasteiger partial charge in [-0.25, -0.2) is 0 Å². The van der Waals surface area contributed by atoms with E-state index < -0.39 is 30.6 Å². The van der Waals surface area contributed by atoms with Crippen molar-refractivity contribution in [2.75, 3.05) is 13.2 Å². The quantitative estimate of drug-likeness (QED) is 0.543. The lowest BCUT2D eigenvalue weighted by atomic mass is 10.1. The number of rotatable bonds is 5. The highest BCUT2D eigenvalue weighted by atomic mass is 19.4. The van der Waals surface area contributed by atoms with E-state index in [-0.39, 0.29) is 13.0 Å². The van der Waals surface area contributed by atoms with Crippen LogP contribution in [-0.4, -0.2) is 31.3 Å². The molecule has 0 aromatic carbocycles. The first-order chi connectivity index (χ1) is 7.31. The zero-order valence-corrected chi connectivity index (χ0v) is 8.97. The summed E-state index contributed by atoms with van der Waals surface area (Å²) in [4.78, 5) is 22.3. The first-order valence-corrected chi connectivity index (χ1v) is 4.71. The Kier molecular flexibility index (Phi) is 5.84. The molecule has 0 saturated carbocycles. The summed E-state index contributed by atoms with van der Waals surface area (Å²) < 4.78 is 43.7. The first kappa shape index (κ1) is 14.7. The molecule has 0 N–H and O–H groups in total. The zero-order chi connectivity index (χ0) is 12.8. The second-order valence-electron chi connectivity index (χ2n) is 2.94. The predicted octanol–water partition coefficient (Wildman–Crippen LogP) is 1.68. The second kappa shape index (κ2) is 6.34. The van der Waals surface area contributed by atoms with Crippen molar-refractivity contribution in [3.63, 3.8) is 0 Å². The van der Waals surface area contributed by atoms with Gasteiger partial charge in [0.1, 0.15) is 0 Å². The van der Waals surface area contributed by atoms with Crippen molar-refractivity contribution in [1.82, 2.24) is 0 Å². The number of carbonyl (C=O) groups excluding carboxylic acids is 2. The molecule has 1 unspecified atom stereocenters. The van der Waals surface area contributed by atoms with Crippen molar-refractivity contribution in [3.8, 4) is 0 Å². The molecular formula is C9H13F3O4. The maximum Gasteiger partial charge on any atom is 0.422 e. The molecule has 0 aliphatic rings. The monoisotopic (exact) mass is 242 g/mol. The van der Waals surface area contributed by atoms with E-state index in [1.54, 1.807) is 0 Å². The lowest BCUT2D eigenvalue weighted by molar-refractivity contribution is -0.191. The molecule has 4 nitrogen and oxygen atoms in total. The average Bonchev–Trinajstić information content (AvgIpc) is 2.15. The van der Waals surface area contributed by atoms with Crippen LogP contribution in [0.2, 0.25) is 0 Å². The minimum absolute atomic E-state index is 0.0372. The van der Waals surface area contributed by atoms with E-state index in [0.29, 0.717) is 0 Å². The van der Waals surface area contributed by atoms with Gasteiger partial charge in [0.2, 0.25) is 0 Å². The summed E-state index contributed by atoms with van der Waals surface area (Å²) in [5.41, 5.74) is 0. The highest BCUT2D eigenvalue weighted by molar-refractivity contribution is 5.94. The Morgan fingerprint density at radius 2 is 1.62 bits per heavy atom. The maximum atomic E-state index is 11.7. The van der Waals surface area contributed by atoms with Crippen LogP contribution in [0.1, 0.15) is 20.3 Å². The van der Waals surface area contributed by atoms with Crippen molar-refractivity contribution < 1.29 is 32.2 Å². The minimum Gasteiger partial charge on any atom is -0.465 e. The van der Waals surface area contributed by atoms with Crippen LogP contribution in [0.25, 0.3) is 0 Å². The summed E-state index contributed by atoms with van der Waals surface area (Å²) in [6.07, 6.45) is -4.56. The van der Waals surface area contributed by atoms with Crippen molar-refractivity contribution in [1.29, 1.82) is 0 Å². The normalized spacial score (nSPS) is 13.1. The van der Waals surface area contributed by atoms with Crippen LogP contribution in [0.5, 0.6) is 0 Å². The van der Waals surface area contributed by atoms with Gasteiger partial charge >= 0.3 is 18.1 Å². The van der Waals surface area contributed by atoms with Crippen molar-refractivity contribution in [3.05, 3.63) is 0 Å². The van der Waals surface area contributed by atoms with E-state index in [1.165, 1.54) is 13.8 Å². The van der Waals surface area contributed by atoms with Crippen LogP contribution in [0.3, 0.4) is 0 Å². The van der Waals surface area contributed by atoms with E-state index in [2.05, 4.69) is 9.47 Å². The minimum atomic E-state index is -4.59. The van der Waals surface area contributed by atoms with Gasteiger partial charge in [0.25, 0.3) is 0 Å². The van der Waals surface area contributed by atoms with Crippen molar-refractivity contribution in [2.45, 2.75) is 26.4 Å². The maximum absolute atomic E-state index is 11.7. The Labute approximate surface area is 90.7 Å². The molecule has 0 heterocycles. The van der Waals surface area contributed by atoms with Gasteiger partial charge in [-0.15, -0.1) is 0 Å². The third-order valence-electron chi connectivity index (χ3n) is 1.64. The van der Waals surface area contributed by atoms with Crippen LogP contribution >= 0.6 is 0 Å². The molecular weight excluding hydrogens is 229 g/mol. The first-order valence-electron chi connectivity index (χ1n) is 4.71. The summed E-state index contributed by atoms with van der Waals surface area (Å²) >= 11 is 0. The van der Waals surface area contributed by atoms with Crippen LogP contribution in [-0.2, 0) is 19.1 Å². The highest BCUT2D eigenvalue weighted by Gasteiger charge is 2.33. The molecule has 0 rings (SSSR count). The molecule has 1 atom stereocenters. The molecule has 0 aromatic rings. The standard InChI is InChI=1S/C9H13F3O4/c1-3-6(7(13)15-4-2)8(14)16-5-9(10,11)12/h6H,3-5H2,1-2H3. The SMILES string of the molecule is CCOC(=O)C(CC)C(=O)OCC(F)(F)F. The number of hydrogen-bond acceptors (Lipinski definition) is 4. The number of carbonyl (C=O) groups is 2. The number of esters is 2. The van der Waals surface area contributed by atoms with Crippen molar-refractivity contribution in [2.24, 2.45) is 5.92 Å². The predicted molar refractivity (Wildman–Crippen MR) is 47.4 cm³/mol. The third kappa shape index (κ3) is 5.57. The van der Waals surface area contributed by atoms with Crippen LogP contribution in [0.4, 0.5) is 13.2 Å². The van der Waals surface area contributed by atoms with E-state index in [4.69, 9.17) is 0 Å². The Morgan fingerprint density at radius 1 is 1.12 bits per heavy atom. The van der Waals surface area contributed by atoms with Gasteiger partial charge < -0.3 is 9.47 Å². The largest absolute Gasteiger partial charge is 0.465 e. The molecule has 0 saturated heterocycles. The molecule has 0 spiro atoms. The van der Waals surface area contributed by atoms with Gasteiger partial charge in [0.15, 0.2) is 12.5 Å². The van der Waals surface area contributed by atoms with Crippen LogP contribution in [0, 0.1) is 5.92 Å². The van der Waals surface area contributed by atoms with Crippen LogP contribution in [0.15, 0.2) is 0 Å². The Balaban J connectivity index is 4.27. The van der Waals surface area contributed by atoms with Gasteiger partial charge in [-0.3, -0.25) is 9.59 Å². The summed E-state index contributed by atoms with van der Waals surface area (Å²) in [5, 5.41) is 0. The molecule has 0 bridgehead atoms. The Hall–Kier alpha value is -1.27. The molecule has 0 radical (unpaired) electrons. The smallest absolute Gasteiger partial charge is 0.422 e. The fraction of sp³-hybridized carbons (Fsp3) is 0.778. The average molecular weight is 242 g/mol. The molecule has 0 aromatic heterocycles. The molecule has 16 heavy (non-hydrogen) atoms. The summed E-state index contributed by atoms with van der Waals surface area (Å²) in [6, 6.07) is 0. The lowest BCUT2D eigenvalue weighted by Crippen LogP contribution is -2.30. The fourth-order valence-corrected chi connectivity index (χ4v) is 0.926. The number of ether oxygens (including phenoxy) is 2. The van der Waals surface area contributed by atoms with Gasteiger partial charge in [0.05, 0.1) is 6.61 Å². The molecule has 0 fully saturated rings. The van der Waals surface area contributed by atoms with E-state index in [9.17, 15) is 22.8 Å². The van der Waals surface area contributed by atoms with Gasteiger partial charge in [-0.2, -0.15) is 13.2 Å². The molecule has 0 aliphatic carbocycles. The van der Waals surface area contributed by atoms with E-state index >= 15 is 0 Å². The highest BCUT2D eigenvalue weighted by Crippen LogP contribution is 2.16. The fourth-order valence-electron chi connectivity index (χ4n) is 0.926. The molecule has 0 aliphatic heterocycles.